The fourth-order valence-electron chi connectivity index (χ4n) is 1.87. The molecule has 0 atom stereocenters. The molecule has 0 heterocycles. The van der Waals surface area contributed by atoms with E-state index in [2.05, 4.69) is 0 Å². The topological polar surface area (TPSA) is 26.3 Å². The molecule has 0 aliphatic heterocycles. The van der Waals surface area contributed by atoms with Crippen LogP contribution in [0.5, 0.6) is 0 Å². The molecule has 0 unspecified atom stereocenters. The third kappa shape index (κ3) is 2.66. The molecular formula is C15H9F5O2. The Morgan fingerprint density at radius 3 is 2.05 bits per heavy atom. The van der Waals surface area contributed by atoms with Crippen LogP contribution >= 0.6 is 0 Å². The number of carbonyl (C=O) groups excluding carboxylic acids is 1. The van der Waals surface area contributed by atoms with Gasteiger partial charge in [0.05, 0.1) is 17.7 Å². The number of carbonyl (C=O) groups is 1. The summed E-state index contributed by atoms with van der Waals surface area (Å²) >= 11 is 0. The third-order valence-corrected chi connectivity index (χ3v) is 2.87. The lowest BCUT2D eigenvalue weighted by atomic mass is 10.0. The second-order valence-electron chi connectivity index (χ2n) is 4.25. The van der Waals surface area contributed by atoms with E-state index >= 15 is 0 Å². The SMILES string of the molecule is CCOC(=O)c1cccc(-c2c(F)c(F)c(F)c(F)c2F)c1. The van der Waals surface area contributed by atoms with Gasteiger partial charge in [0.25, 0.3) is 0 Å². The average molecular weight is 316 g/mol. The molecule has 0 amide bonds. The van der Waals surface area contributed by atoms with Gasteiger partial charge in [-0.1, -0.05) is 12.1 Å². The van der Waals surface area contributed by atoms with Gasteiger partial charge in [-0.05, 0) is 24.6 Å². The summed E-state index contributed by atoms with van der Waals surface area (Å²) in [6, 6.07) is 4.67. The summed E-state index contributed by atoms with van der Waals surface area (Å²) in [6.45, 7) is 1.64. The van der Waals surface area contributed by atoms with Gasteiger partial charge in [0.2, 0.25) is 5.82 Å². The van der Waals surface area contributed by atoms with Gasteiger partial charge < -0.3 is 4.74 Å². The Hall–Kier alpha value is -2.44. The van der Waals surface area contributed by atoms with Crippen molar-refractivity contribution in [3.8, 4) is 11.1 Å². The average Bonchev–Trinajstić information content (AvgIpc) is 2.52. The first-order chi connectivity index (χ1) is 10.4. The van der Waals surface area contributed by atoms with E-state index in [0.29, 0.717) is 0 Å². The van der Waals surface area contributed by atoms with Crippen molar-refractivity contribution in [2.45, 2.75) is 6.92 Å². The molecule has 22 heavy (non-hydrogen) atoms. The van der Waals surface area contributed by atoms with Gasteiger partial charge in [-0.3, -0.25) is 0 Å². The van der Waals surface area contributed by atoms with Crippen LogP contribution in [0.25, 0.3) is 11.1 Å². The van der Waals surface area contributed by atoms with Gasteiger partial charge in [-0.15, -0.1) is 0 Å². The Kier molecular flexibility index (Phi) is 4.44. The molecule has 7 heteroatoms. The van der Waals surface area contributed by atoms with Crippen LogP contribution in [0.15, 0.2) is 24.3 Å². The van der Waals surface area contributed by atoms with Gasteiger partial charge >= 0.3 is 5.97 Å². The van der Waals surface area contributed by atoms with Gasteiger partial charge in [0, 0.05) is 0 Å². The van der Waals surface area contributed by atoms with E-state index < -0.39 is 40.6 Å². The molecule has 0 spiro atoms. The quantitative estimate of drug-likeness (QED) is 0.367. The molecule has 0 radical (unpaired) electrons. The van der Waals surface area contributed by atoms with Crippen molar-refractivity contribution in [1.82, 2.24) is 0 Å². The van der Waals surface area contributed by atoms with E-state index in [0.717, 1.165) is 12.1 Å². The van der Waals surface area contributed by atoms with Crippen LogP contribution < -0.4 is 0 Å². The molecule has 0 aliphatic carbocycles. The van der Waals surface area contributed by atoms with Crippen molar-refractivity contribution in [3.05, 3.63) is 58.9 Å². The highest BCUT2D eigenvalue weighted by atomic mass is 19.2. The van der Waals surface area contributed by atoms with Crippen LogP contribution in [0.2, 0.25) is 0 Å². The minimum absolute atomic E-state index is 0.0664. The van der Waals surface area contributed by atoms with E-state index in [1.807, 2.05) is 0 Å². The van der Waals surface area contributed by atoms with E-state index in [-0.39, 0.29) is 17.7 Å². The predicted octanol–water partition coefficient (Wildman–Crippen LogP) is 4.23. The highest BCUT2D eigenvalue weighted by Crippen LogP contribution is 2.31. The number of halogens is 5. The lowest BCUT2D eigenvalue weighted by molar-refractivity contribution is 0.0526. The minimum Gasteiger partial charge on any atom is -0.462 e. The third-order valence-electron chi connectivity index (χ3n) is 2.87. The normalized spacial score (nSPS) is 10.6. The first kappa shape index (κ1) is 15.9. The Bertz CT molecular complexity index is 714. The molecule has 0 N–H and O–H groups in total. The molecule has 2 aromatic carbocycles. The highest BCUT2D eigenvalue weighted by Gasteiger charge is 2.26. The number of esters is 1. The lowest BCUT2D eigenvalue weighted by Gasteiger charge is -2.09. The zero-order valence-electron chi connectivity index (χ0n) is 11.2. The first-order valence-corrected chi connectivity index (χ1v) is 6.17. The van der Waals surface area contributed by atoms with Gasteiger partial charge in [0.1, 0.15) is 0 Å². The summed E-state index contributed by atoms with van der Waals surface area (Å²) < 4.78 is 71.6. The van der Waals surface area contributed by atoms with Crippen LogP contribution in [0, 0.1) is 29.1 Å². The van der Waals surface area contributed by atoms with E-state index in [4.69, 9.17) is 4.74 Å². The van der Waals surface area contributed by atoms with Crippen molar-refractivity contribution < 1.29 is 31.5 Å². The summed E-state index contributed by atoms with van der Waals surface area (Å²) in [7, 11) is 0. The fourth-order valence-corrected chi connectivity index (χ4v) is 1.87. The number of hydrogen-bond donors (Lipinski definition) is 0. The second-order valence-corrected chi connectivity index (χ2v) is 4.25. The maximum Gasteiger partial charge on any atom is 0.338 e. The molecule has 0 aromatic heterocycles. The van der Waals surface area contributed by atoms with Crippen molar-refractivity contribution in [2.24, 2.45) is 0 Å². The number of ether oxygens (including phenoxy) is 1. The van der Waals surface area contributed by atoms with Gasteiger partial charge in [0.15, 0.2) is 23.3 Å². The largest absolute Gasteiger partial charge is 0.462 e. The molecule has 2 aromatic rings. The van der Waals surface area contributed by atoms with E-state index in [9.17, 15) is 26.7 Å². The lowest BCUT2D eigenvalue weighted by Crippen LogP contribution is -2.06. The van der Waals surface area contributed by atoms with Crippen molar-refractivity contribution in [1.29, 1.82) is 0 Å². The van der Waals surface area contributed by atoms with Crippen molar-refractivity contribution in [2.75, 3.05) is 6.61 Å². The maximum atomic E-state index is 13.7. The highest BCUT2D eigenvalue weighted by molar-refractivity contribution is 5.91. The number of benzene rings is 2. The Morgan fingerprint density at radius 2 is 1.50 bits per heavy atom. The van der Waals surface area contributed by atoms with Gasteiger partial charge in [-0.2, -0.15) is 0 Å². The summed E-state index contributed by atoms with van der Waals surface area (Å²) in [5.74, 6) is -11.0. The van der Waals surface area contributed by atoms with E-state index in [1.165, 1.54) is 12.1 Å². The van der Waals surface area contributed by atoms with Crippen LogP contribution in [0.1, 0.15) is 17.3 Å². The monoisotopic (exact) mass is 316 g/mol. The molecule has 2 rings (SSSR count). The summed E-state index contributed by atoms with van der Waals surface area (Å²) in [4.78, 5) is 11.6. The molecule has 0 fully saturated rings. The fraction of sp³-hybridized carbons (Fsp3) is 0.133. The number of rotatable bonds is 3. The standard InChI is InChI=1S/C15H9F5O2/c1-2-22-15(21)8-5-3-4-7(6-8)9-10(16)12(18)14(20)13(19)11(9)17/h3-6H,2H2,1H3. The maximum absolute atomic E-state index is 13.7. The Balaban J connectivity index is 2.63. The first-order valence-electron chi connectivity index (χ1n) is 6.17. The summed E-state index contributed by atoms with van der Waals surface area (Å²) in [5.41, 5.74) is -1.48. The smallest absolute Gasteiger partial charge is 0.338 e. The Morgan fingerprint density at radius 1 is 0.955 bits per heavy atom. The zero-order chi connectivity index (χ0) is 16.4. The Labute approximate surface area is 122 Å². The number of hydrogen-bond acceptors (Lipinski definition) is 2. The molecule has 0 saturated heterocycles. The molecule has 2 nitrogen and oxygen atoms in total. The van der Waals surface area contributed by atoms with Crippen molar-refractivity contribution >= 4 is 5.97 Å². The zero-order valence-corrected chi connectivity index (χ0v) is 11.2. The van der Waals surface area contributed by atoms with Crippen LogP contribution in [-0.2, 0) is 4.74 Å². The second kappa shape index (κ2) is 6.13. The van der Waals surface area contributed by atoms with Crippen LogP contribution in [-0.4, -0.2) is 12.6 Å². The molecule has 0 saturated carbocycles. The summed E-state index contributed by atoms with van der Waals surface area (Å²) in [5, 5.41) is 0. The molecule has 116 valence electrons. The predicted molar refractivity (Wildman–Crippen MR) is 67.6 cm³/mol. The van der Waals surface area contributed by atoms with Crippen molar-refractivity contribution in [3.63, 3.8) is 0 Å². The van der Waals surface area contributed by atoms with Crippen LogP contribution in [0.4, 0.5) is 22.0 Å². The van der Waals surface area contributed by atoms with E-state index in [1.54, 1.807) is 6.92 Å². The summed E-state index contributed by atoms with van der Waals surface area (Å²) in [6.07, 6.45) is 0. The molecular weight excluding hydrogens is 307 g/mol. The minimum atomic E-state index is -2.24. The van der Waals surface area contributed by atoms with Crippen LogP contribution in [0.3, 0.4) is 0 Å². The molecule has 0 bridgehead atoms. The van der Waals surface area contributed by atoms with Gasteiger partial charge in [-0.25, -0.2) is 26.7 Å². The molecule has 0 aliphatic rings.